The van der Waals surface area contributed by atoms with Crippen molar-refractivity contribution in [2.24, 2.45) is 0 Å². The van der Waals surface area contributed by atoms with E-state index in [4.69, 9.17) is 25.4 Å². The second kappa shape index (κ2) is 6.56. The number of fused-ring (bicyclic) bond motifs is 1. The minimum absolute atomic E-state index is 0.158. The Bertz CT molecular complexity index is 852. The molecule has 3 heterocycles. The van der Waals surface area contributed by atoms with Crippen molar-refractivity contribution in [3.8, 4) is 0 Å². The predicted octanol–water partition coefficient (Wildman–Crippen LogP) is 0.559. The predicted molar refractivity (Wildman–Crippen MR) is 89.9 cm³/mol. The Morgan fingerprint density at radius 3 is 2.96 bits per heavy atom. The fourth-order valence-electron chi connectivity index (χ4n) is 3.12. The summed E-state index contributed by atoms with van der Waals surface area (Å²) in [6.45, 7) is 2.44. The molecule has 0 radical (unpaired) electrons. The summed E-state index contributed by atoms with van der Waals surface area (Å²) in [4.78, 5) is 18.6. The number of hydrogen-bond acceptors (Lipinski definition) is 9. The lowest BCUT2D eigenvalue weighted by Crippen LogP contribution is -2.49. The highest BCUT2D eigenvalue weighted by Crippen LogP contribution is 2.44. The minimum atomic E-state index is -2.13. The highest BCUT2D eigenvalue weighted by Gasteiger charge is 2.55. The number of nitrogens with zero attached hydrogens (tertiary/aromatic N) is 1. The molecule has 0 spiro atoms. The normalized spacial score (nSPS) is 26.6. The number of nitrogen functional groups attached to an aromatic ring is 1. The van der Waals surface area contributed by atoms with E-state index in [-0.39, 0.29) is 12.3 Å². The molecule has 0 aliphatic carbocycles. The summed E-state index contributed by atoms with van der Waals surface area (Å²) in [6.07, 6.45) is -0.864. The Balaban J connectivity index is 1.97. The second-order valence-corrected chi connectivity index (χ2v) is 6.12. The van der Waals surface area contributed by atoms with Gasteiger partial charge in [-0.05, 0) is 6.07 Å². The van der Waals surface area contributed by atoms with Crippen LogP contribution in [0.1, 0.15) is 31.9 Å². The summed E-state index contributed by atoms with van der Waals surface area (Å²) in [5.74, 6) is -2.83. The van der Waals surface area contributed by atoms with Gasteiger partial charge >= 0.3 is 5.97 Å². The van der Waals surface area contributed by atoms with Crippen LogP contribution in [0.2, 0.25) is 0 Å². The Labute approximate surface area is 148 Å². The van der Waals surface area contributed by atoms with Gasteiger partial charge in [-0.1, -0.05) is 0 Å². The third-order valence-corrected chi connectivity index (χ3v) is 4.11. The first kappa shape index (κ1) is 18.1. The third kappa shape index (κ3) is 3.21. The van der Waals surface area contributed by atoms with Gasteiger partial charge in [0.05, 0.1) is 11.6 Å². The number of nitrogens with two attached hydrogens (primary N) is 1. The molecular weight excluding hydrogens is 344 g/mol. The maximum absolute atomic E-state index is 11.4. The van der Waals surface area contributed by atoms with E-state index in [0.717, 1.165) is 6.92 Å². The van der Waals surface area contributed by atoms with Gasteiger partial charge in [0.2, 0.25) is 12.1 Å². The molecule has 140 valence electrons. The highest BCUT2D eigenvalue weighted by atomic mass is 16.7. The van der Waals surface area contributed by atoms with Crippen LogP contribution in [-0.4, -0.2) is 50.2 Å². The van der Waals surface area contributed by atoms with Crippen molar-refractivity contribution in [3.05, 3.63) is 24.0 Å². The van der Waals surface area contributed by atoms with Gasteiger partial charge in [0, 0.05) is 43.6 Å². The fraction of sp³-hybridized carbons (Fsp3) is 0.438. The number of aliphatic hydroxyl groups is 2. The van der Waals surface area contributed by atoms with Crippen molar-refractivity contribution in [2.45, 2.75) is 44.6 Å². The number of esters is 1. The quantitative estimate of drug-likeness (QED) is 0.227. The Morgan fingerprint density at radius 1 is 1.58 bits per heavy atom. The number of pyridine rings is 1. The number of aromatic amines is 1. The zero-order valence-electron chi connectivity index (χ0n) is 14.2. The highest BCUT2D eigenvalue weighted by molar-refractivity contribution is 5.91. The number of H-pyrrole nitrogens is 1. The first-order valence-electron chi connectivity index (χ1n) is 7.90. The second-order valence-electron chi connectivity index (χ2n) is 6.12. The molecule has 0 aromatic carbocycles. The van der Waals surface area contributed by atoms with Crippen LogP contribution in [-0.2, 0) is 19.0 Å². The number of ether oxygens (including phenoxy) is 3. The minimum Gasteiger partial charge on any atom is -0.450 e. The van der Waals surface area contributed by atoms with Crippen LogP contribution in [0.3, 0.4) is 0 Å². The maximum Gasteiger partial charge on any atom is 0.305 e. The summed E-state index contributed by atoms with van der Waals surface area (Å²) in [5.41, 5.74) is 7.08. The number of hydrogen-bond donors (Lipinski definition) is 5. The third-order valence-electron chi connectivity index (χ3n) is 4.11. The number of aromatic nitrogens is 2. The van der Waals surface area contributed by atoms with Crippen LogP contribution in [0.25, 0.3) is 10.9 Å². The van der Waals surface area contributed by atoms with E-state index in [0.29, 0.717) is 22.3 Å². The standard InChI is InChI=1S/C16H20N4O6/c1-7(17)24-15(22)13-16(23,26-8(2)21)5-11(25-13)10-6-20-14(18)9-3-4-19-12(9)10/h3-4,6,11,13,15,17,19,22-23H,5H2,1-2H3,(H2,18,20)/t11-,13+,15?,16+/m0/s1. The smallest absolute Gasteiger partial charge is 0.305 e. The zero-order valence-corrected chi connectivity index (χ0v) is 14.2. The summed E-state index contributed by atoms with van der Waals surface area (Å²) in [7, 11) is 0. The van der Waals surface area contributed by atoms with Gasteiger partial charge in [-0.25, -0.2) is 4.98 Å². The molecule has 1 fully saturated rings. The van der Waals surface area contributed by atoms with Gasteiger partial charge < -0.3 is 35.1 Å². The van der Waals surface area contributed by atoms with Crippen LogP contribution in [0.5, 0.6) is 0 Å². The molecule has 1 saturated heterocycles. The molecule has 0 saturated carbocycles. The lowest BCUT2D eigenvalue weighted by atomic mass is 10.0. The molecule has 2 aromatic rings. The molecular formula is C16H20N4O6. The van der Waals surface area contributed by atoms with E-state index >= 15 is 0 Å². The molecule has 0 amide bonds. The Hall–Kier alpha value is -2.69. The van der Waals surface area contributed by atoms with E-state index in [1.807, 2.05) is 0 Å². The van der Waals surface area contributed by atoms with Crippen molar-refractivity contribution < 1.29 is 29.2 Å². The fourth-order valence-corrected chi connectivity index (χ4v) is 3.12. The molecule has 1 unspecified atom stereocenters. The number of rotatable bonds is 4. The molecule has 0 bridgehead atoms. The number of aliphatic hydroxyl groups excluding tert-OH is 1. The number of carbonyl (C=O) groups is 1. The van der Waals surface area contributed by atoms with Crippen molar-refractivity contribution in [3.63, 3.8) is 0 Å². The molecule has 10 nitrogen and oxygen atoms in total. The topological polar surface area (TPSA) is 164 Å². The zero-order chi connectivity index (χ0) is 19.1. The lowest BCUT2D eigenvalue weighted by Gasteiger charge is -2.30. The van der Waals surface area contributed by atoms with Crippen molar-refractivity contribution in [1.29, 1.82) is 5.41 Å². The van der Waals surface area contributed by atoms with E-state index < -0.39 is 30.3 Å². The monoisotopic (exact) mass is 364 g/mol. The molecule has 1 aliphatic rings. The Kier molecular flexibility index (Phi) is 4.57. The average Bonchev–Trinajstić information content (AvgIpc) is 3.11. The first-order valence-corrected chi connectivity index (χ1v) is 7.90. The van der Waals surface area contributed by atoms with Gasteiger partial charge in [-0.15, -0.1) is 0 Å². The van der Waals surface area contributed by atoms with Crippen molar-refractivity contribution >= 4 is 28.6 Å². The first-order chi connectivity index (χ1) is 12.2. The summed E-state index contributed by atoms with van der Waals surface area (Å²) in [5, 5.41) is 29.0. The summed E-state index contributed by atoms with van der Waals surface area (Å²) < 4.78 is 15.7. The summed E-state index contributed by atoms with van der Waals surface area (Å²) in [6, 6.07) is 1.75. The molecule has 4 atom stereocenters. The molecule has 3 rings (SSSR count). The van der Waals surface area contributed by atoms with Crippen LogP contribution < -0.4 is 5.73 Å². The number of anilines is 1. The van der Waals surface area contributed by atoms with Crippen molar-refractivity contribution in [2.75, 3.05) is 5.73 Å². The SMILES string of the molecule is CC(=N)OC(O)[C@H]1O[C@H](c2cnc(N)c3cc[nH]c23)C[C@@]1(O)OC(C)=O. The summed E-state index contributed by atoms with van der Waals surface area (Å²) >= 11 is 0. The van der Waals surface area contributed by atoms with E-state index in [1.54, 1.807) is 12.3 Å². The number of nitrogens with one attached hydrogen (secondary N) is 2. The van der Waals surface area contributed by atoms with Gasteiger partial charge in [-0.2, -0.15) is 0 Å². The molecule has 2 aromatic heterocycles. The van der Waals surface area contributed by atoms with Gasteiger partial charge in [0.25, 0.3) is 0 Å². The van der Waals surface area contributed by atoms with Crippen molar-refractivity contribution in [1.82, 2.24) is 9.97 Å². The molecule has 26 heavy (non-hydrogen) atoms. The van der Waals surface area contributed by atoms with E-state index in [2.05, 4.69) is 9.97 Å². The van der Waals surface area contributed by atoms with Crippen LogP contribution in [0, 0.1) is 5.41 Å². The van der Waals surface area contributed by atoms with E-state index in [9.17, 15) is 15.0 Å². The van der Waals surface area contributed by atoms with Crippen LogP contribution in [0.15, 0.2) is 18.5 Å². The molecule has 1 aliphatic heterocycles. The van der Waals surface area contributed by atoms with Gasteiger partial charge in [0.1, 0.15) is 5.82 Å². The lowest BCUT2D eigenvalue weighted by molar-refractivity contribution is -0.262. The molecule has 10 heteroatoms. The molecule has 6 N–H and O–H groups in total. The maximum atomic E-state index is 11.4. The van der Waals surface area contributed by atoms with E-state index in [1.165, 1.54) is 13.1 Å². The van der Waals surface area contributed by atoms with Crippen LogP contribution >= 0.6 is 0 Å². The van der Waals surface area contributed by atoms with Gasteiger partial charge in [-0.3, -0.25) is 10.2 Å². The van der Waals surface area contributed by atoms with Gasteiger partial charge in [0.15, 0.2) is 12.0 Å². The largest absolute Gasteiger partial charge is 0.450 e. The average molecular weight is 364 g/mol. The Morgan fingerprint density at radius 2 is 2.31 bits per heavy atom. The number of carbonyl (C=O) groups excluding carboxylic acids is 1. The van der Waals surface area contributed by atoms with Crippen LogP contribution in [0.4, 0.5) is 5.82 Å².